The van der Waals surface area contributed by atoms with Crippen molar-refractivity contribution in [3.63, 3.8) is 0 Å². The zero-order chi connectivity index (χ0) is 14.8. The average molecular weight is 288 g/mol. The summed E-state index contributed by atoms with van der Waals surface area (Å²) in [5.74, 6) is 0.222. The van der Waals surface area contributed by atoms with Gasteiger partial charge in [-0.2, -0.15) is 4.98 Å². The molecule has 0 aliphatic rings. The van der Waals surface area contributed by atoms with Crippen molar-refractivity contribution < 1.29 is 8.91 Å². The lowest BCUT2D eigenvalue weighted by molar-refractivity contribution is 0.431. The Balaban J connectivity index is 1.89. The number of benzene rings is 1. The third kappa shape index (κ3) is 2.65. The minimum absolute atomic E-state index is 0.231. The zero-order valence-electron chi connectivity index (χ0n) is 11.3. The Labute approximate surface area is 119 Å². The Morgan fingerprint density at radius 3 is 3.00 bits per heavy atom. The molecule has 0 bridgehead atoms. The molecular formula is C13H13FN6O. The molecule has 3 rings (SSSR count). The lowest BCUT2D eigenvalue weighted by atomic mass is 10.1. The topological polar surface area (TPSA) is 95.7 Å². The Kier molecular flexibility index (Phi) is 3.44. The van der Waals surface area contributed by atoms with Gasteiger partial charge in [-0.3, -0.25) is 4.68 Å². The Hall–Kier alpha value is -2.61. The van der Waals surface area contributed by atoms with E-state index in [-0.39, 0.29) is 11.7 Å². The summed E-state index contributed by atoms with van der Waals surface area (Å²) in [6.07, 6.45) is 1.67. The van der Waals surface area contributed by atoms with Crippen molar-refractivity contribution in [2.75, 3.05) is 6.54 Å². The van der Waals surface area contributed by atoms with E-state index < -0.39 is 0 Å². The largest absolute Gasteiger partial charge is 0.332 e. The normalized spacial score (nSPS) is 11.0. The zero-order valence-corrected chi connectivity index (χ0v) is 11.3. The van der Waals surface area contributed by atoms with E-state index in [1.54, 1.807) is 29.9 Å². The van der Waals surface area contributed by atoms with Gasteiger partial charge in [0.1, 0.15) is 5.82 Å². The smallest absolute Gasteiger partial charge is 0.280 e. The van der Waals surface area contributed by atoms with Gasteiger partial charge in [0.25, 0.3) is 5.89 Å². The number of nitrogens with zero attached hydrogens (tertiary/aromatic N) is 5. The van der Waals surface area contributed by atoms with Gasteiger partial charge in [0.2, 0.25) is 5.82 Å². The molecule has 7 nitrogen and oxygen atoms in total. The molecule has 0 amide bonds. The number of aryl methyl sites for hydroxylation is 1. The van der Waals surface area contributed by atoms with Crippen LogP contribution in [-0.4, -0.2) is 31.7 Å². The summed E-state index contributed by atoms with van der Waals surface area (Å²) in [6, 6.07) is 4.77. The van der Waals surface area contributed by atoms with Crippen LogP contribution in [0.2, 0.25) is 0 Å². The van der Waals surface area contributed by atoms with Gasteiger partial charge < -0.3 is 10.3 Å². The van der Waals surface area contributed by atoms with Crippen LogP contribution in [0.1, 0.15) is 5.56 Å². The molecule has 21 heavy (non-hydrogen) atoms. The number of hydrogen-bond acceptors (Lipinski definition) is 6. The molecule has 108 valence electrons. The predicted octanol–water partition coefficient (Wildman–Crippen LogP) is 1.40. The Morgan fingerprint density at radius 1 is 1.38 bits per heavy atom. The van der Waals surface area contributed by atoms with E-state index in [4.69, 9.17) is 10.3 Å². The molecule has 1 aromatic carbocycles. The third-order valence-corrected chi connectivity index (χ3v) is 2.97. The van der Waals surface area contributed by atoms with E-state index >= 15 is 0 Å². The van der Waals surface area contributed by atoms with Gasteiger partial charge in [-0.25, -0.2) is 4.39 Å². The highest BCUT2D eigenvalue weighted by atomic mass is 19.1. The van der Waals surface area contributed by atoms with Gasteiger partial charge in [-0.15, -0.1) is 5.10 Å². The third-order valence-electron chi connectivity index (χ3n) is 2.97. The van der Waals surface area contributed by atoms with Crippen LogP contribution in [0.5, 0.6) is 0 Å². The fraction of sp³-hybridized carbons (Fsp3) is 0.231. The van der Waals surface area contributed by atoms with Crippen molar-refractivity contribution in [3.8, 4) is 23.0 Å². The first-order chi connectivity index (χ1) is 10.2. The molecule has 0 saturated carbocycles. The van der Waals surface area contributed by atoms with Crippen LogP contribution >= 0.6 is 0 Å². The molecule has 0 aliphatic heterocycles. The van der Waals surface area contributed by atoms with E-state index in [9.17, 15) is 4.39 Å². The summed E-state index contributed by atoms with van der Waals surface area (Å²) in [5, 5.41) is 11.7. The SMILES string of the molecule is Cc1ccc(-c2noc(-c3cn(CCN)nn3)n2)cc1F. The minimum atomic E-state index is -0.312. The maximum atomic E-state index is 13.6. The molecule has 2 heterocycles. The van der Waals surface area contributed by atoms with Gasteiger partial charge in [0.05, 0.1) is 12.7 Å². The second-order valence-corrected chi connectivity index (χ2v) is 4.54. The fourth-order valence-corrected chi connectivity index (χ4v) is 1.81. The van der Waals surface area contributed by atoms with Gasteiger partial charge in [0.15, 0.2) is 5.69 Å². The van der Waals surface area contributed by atoms with Gasteiger partial charge in [-0.05, 0) is 18.6 Å². The van der Waals surface area contributed by atoms with Crippen LogP contribution in [0.3, 0.4) is 0 Å². The Bertz CT molecular complexity index is 766. The lowest BCUT2D eigenvalue weighted by Crippen LogP contribution is -2.10. The van der Waals surface area contributed by atoms with Gasteiger partial charge >= 0.3 is 0 Å². The van der Waals surface area contributed by atoms with E-state index in [2.05, 4.69) is 20.5 Å². The second-order valence-electron chi connectivity index (χ2n) is 4.54. The van der Waals surface area contributed by atoms with E-state index in [0.717, 1.165) is 0 Å². The van der Waals surface area contributed by atoms with Crippen molar-refractivity contribution >= 4 is 0 Å². The molecule has 0 fully saturated rings. The standard InChI is InChI=1S/C13H13FN6O/c1-8-2-3-9(6-10(8)14)12-16-13(21-18-12)11-7-20(5-4-15)19-17-11/h2-3,6-7H,4-5,15H2,1H3. The van der Waals surface area contributed by atoms with E-state index in [1.165, 1.54) is 6.07 Å². The molecule has 3 aromatic rings. The molecule has 8 heteroatoms. The maximum Gasteiger partial charge on any atom is 0.280 e. The summed E-state index contributed by atoms with van der Waals surface area (Å²) in [6.45, 7) is 2.70. The molecule has 2 aromatic heterocycles. The van der Waals surface area contributed by atoms with Crippen LogP contribution in [0.25, 0.3) is 23.0 Å². The molecule has 0 saturated heterocycles. The monoisotopic (exact) mass is 288 g/mol. The molecular weight excluding hydrogens is 275 g/mol. The van der Waals surface area contributed by atoms with Crippen molar-refractivity contribution in [3.05, 3.63) is 35.8 Å². The molecule has 2 N–H and O–H groups in total. The lowest BCUT2D eigenvalue weighted by Gasteiger charge is -1.97. The number of rotatable bonds is 4. The van der Waals surface area contributed by atoms with Crippen LogP contribution in [-0.2, 0) is 6.54 Å². The first-order valence-corrected chi connectivity index (χ1v) is 6.38. The summed E-state index contributed by atoms with van der Waals surface area (Å²) in [5.41, 5.74) is 7.00. The summed E-state index contributed by atoms with van der Waals surface area (Å²) in [7, 11) is 0. The van der Waals surface area contributed by atoms with E-state index in [0.29, 0.717) is 35.7 Å². The molecule has 0 aliphatic carbocycles. The van der Waals surface area contributed by atoms with Crippen molar-refractivity contribution in [2.45, 2.75) is 13.5 Å². The molecule has 0 unspecified atom stereocenters. The Morgan fingerprint density at radius 2 is 2.24 bits per heavy atom. The number of halogens is 1. The van der Waals surface area contributed by atoms with Crippen LogP contribution in [0, 0.1) is 12.7 Å². The van der Waals surface area contributed by atoms with E-state index in [1.807, 2.05) is 0 Å². The second kappa shape index (κ2) is 5.41. The summed E-state index contributed by atoms with van der Waals surface area (Å²) >= 11 is 0. The first-order valence-electron chi connectivity index (χ1n) is 6.38. The fourth-order valence-electron chi connectivity index (χ4n) is 1.81. The molecule has 0 atom stereocenters. The number of nitrogens with two attached hydrogens (primary N) is 1. The van der Waals surface area contributed by atoms with Crippen molar-refractivity contribution in [1.82, 2.24) is 25.1 Å². The minimum Gasteiger partial charge on any atom is -0.332 e. The highest BCUT2D eigenvalue weighted by molar-refractivity contribution is 5.57. The average Bonchev–Trinajstić information content (AvgIpc) is 3.11. The molecule has 0 radical (unpaired) electrons. The van der Waals surface area contributed by atoms with Gasteiger partial charge in [0, 0.05) is 12.1 Å². The number of aromatic nitrogens is 5. The van der Waals surface area contributed by atoms with Crippen LogP contribution in [0.4, 0.5) is 4.39 Å². The maximum absolute atomic E-state index is 13.6. The summed E-state index contributed by atoms with van der Waals surface area (Å²) in [4.78, 5) is 4.20. The van der Waals surface area contributed by atoms with Crippen molar-refractivity contribution in [1.29, 1.82) is 0 Å². The molecule has 0 spiro atoms. The van der Waals surface area contributed by atoms with Crippen LogP contribution in [0.15, 0.2) is 28.9 Å². The van der Waals surface area contributed by atoms with Gasteiger partial charge in [-0.1, -0.05) is 22.5 Å². The highest BCUT2D eigenvalue weighted by Crippen LogP contribution is 2.22. The summed E-state index contributed by atoms with van der Waals surface area (Å²) < 4.78 is 20.3. The first kappa shape index (κ1) is 13.4. The quantitative estimate of drug-likeness (QED) is 0.779. The number of hydrogen-bond donors (Lipinski definition) is 1. The predicted molar refractivity (Wildman–Crippen MR) is 72.5 cm³/mol. The highest BCUT2D eigenvalue weighted by Gasteiger charge is 2.14. The van der Waals surface area contributed by atoms with Crippen molar-refractivity contribution in [2.24, 2.45) is 5.73 Å². The van der Waals surface area contributed by atoms with Crippen LogP contribution < -0.4 is 5.73 Å².